The number of ether oxygens (including phenoxy) is 2. The van der Waals surface area contributed by atoms with E-state index in [4.69, 9.17) is 9.47 Å². The summed E-state index contributed by atoms with van der Waals surface area (Å²) < 4.78 is 11.1. The summed E-state index contributed by atoms with van der Waals surface area (Å²) in [5.41, 5.74) is 1.99. The lowest BCUT2D eigenvalue weighted by Gasteiger charge is -2.11. The number of benzene rings is 2. The predicted octanol–water partition coefficient (Wildman–Crippen LogP) is 3.81. The number of nitrogens with one attached hydrogen (secondary N) is 2. The van der Waals surface area contributed by atoms with Crippen molar-refractivity contribution in [1.82, 2.24) is 5.32 Å². The third-order valence-electron chi connectivity index (χ3n) is 3.98. The van der Waals surface area contributed by atoms with Gasteiger partial charge in [-0.25, -0.2) is 4.99 Å². The van der Waals surface area contributed by atoms with Crippen LogP contribution in [-0.2, 0) is 4.79 Å². The molecule has 1 heterocycles. The van der Waals surface area contributed by atoms with Gasteiger partial charge in [-0.05, 0) is 42.3 Å². The first-order valence-electron chi connectivity index (χ1n) is 8.94. The molecule has 0 atom stereocenters. The molecule has 0 fully saturated rings. The van der Waals surface area contributed by atoms with Crippen molar-refractivity contribution in [3.63, 3.8) is 0 Å². The van der Waals surface area contributed by atoms with Gasteiger partial charge in [-0.3, -0.25) is 10.1 Å². The highest BCUT2D eigenvalue weighted by Crippen LogP contribution is 2.29. The monoisotopic (exact) mass is 365 g/mol. The van der Waals surface area contributed by atoms with Crippen LogP contribution in [-0.4, -0.2) is 25.6 Å². The minimum absolute atomic E-state index is 0.254. The molecule has 2 aromatic rings. The van der Waals surface area contributed by atoms with Crippen LogP contribution in [0.3, 0.4) is 0 Å². The van der Waals surface area contributed by atoms with Crippen molar-refractivity contribution < 1.29 is 14.3 Å². The number of guanidine groups is 1. The Kier molecular flexibility index (Phi) is 6.10. The second kappa shape index (κ2) is 8.89. The summed E-state index contributed by atoms with van der Waals surface area (Å²) in [6.45, 7) is 2.76. The lowest BCUT2D eigenvalue weighted by atomic mass is 10.1. The van der Waals surface area contributed by atoms with E-state index in [9.17, 15) is 4.79 Å². The Balaban J connectivity index is 1.76. The Labute approximate surface area is 158 Å². The number of aliphatic imine (C=N–C) groups is 1. The maximum absolute atomic E-state index is 12.2. The summed E-state index contributed by atoms with van der Waals surface area (Å²) >= 11 is 0. The van der Waals surface area contributed by atoms with Crippen molar-refractivity contribution in [2.45, 2.75) is 19.8 Å². The van der Waals surface area contributed by atoms with Crippen LogP contribution in [0.4, 0.5) is 5.69 Å². The summed E-state index contributed by atoms with van der Waals surface area (Å²) in [5.74, 6) is 1.48. The van der Waals surface area contributed by atoms with Crippen molar-refractivity contribution in [3.05, 3.63) is 59.8 Å². The van der Waals surface area contributed by atoms with E-state index in [2.05, 4.69) is 22.5 Å². The van der Waals surface area contributed by atoms with Crippen molar-refractivity contribution in [1.29, 1.82) is 0 Å². The van der Waals surface area contributed by atoms with E-state index in [1.54, 1.807) is 13.2 Å². The highest BCUT2D eigenvalue weighted by molar-refractivity contribution is 6.17. The van der Waals surface area contributed by atoms with Gasteiger partial charge in [0.2, 0.25) is 5.96 Å². The smallest absolute Gasteiger partial charge is 0.276 e. The zero-order valence-electron chi connectivity index (χ0n) is 15.5. The van der Waals surface area contributed by atoms with Gasteiger partial charge >= 0.3 is 0 Å². The number of amides is 1. The average molecular weight is 365 g/mol. The van der Waals surface area contributed by atoms with E-state index in [1.165, 1.54) is 0 Å². The molecule has 1 aliphatic heterocycles. The van der Waals surface area contributed by atoms with Crippen LogP contribution in [0.5, 0.6) is 11.5 Å². The van der Waals surface area contributed by atoms with E-state index in [0.29, 0.717) is 29.8 Å². The van der Waals surface area contributed by atoms with Gasteiger partial charge in [0.25, 0.3) is 5.91 Å². The SMILES string of the molecule is CCCCOc1ccc(/C=C2\N=C(Nc3ccccc3)NC2=O)cc1OC. The van der Waals surface area contributed by atoms with Crippen molar-refractivity contribution in [3.8, 4) is 11.5 Å². The maximum atomic E-state index is 12.2. The molecule has 2 aromatic carbocycles. The minimum Gasteiger partial charge on any atom is -0.493 e. The number of nitrogens with zero attached hydrogens (tertiary/aromatic N) is 1. The van der Waals surface area contributed by atoms with Crippen molar-refractivity contribution in [2.24, 2.45) is 4.99 Å². The molecule has 0 aliphatic carbocycles. The molecule has 1 amide bonds. The summed E-state index contributed by atoms with van der Waals surface area (Å²) in [5, 5.41) is 5.80. The Bertz CT molecular complexity index is 860. The second-order valence-electron chi connectivity index (χ2n) is 6.05. The van der Waals surface area contributed by atoms with Crippen LogP contribution in [0.15, 0.2) is 59.2 Å². The molecule has 3 rings (SSSR count). The van der Waals surface area contributed by atoms with Crippen LogP contribution in [0, 0.1) is 0 Å². The van der Waals surface area contributed by atoms with Gasteiger partial charge in [-0.2, -0.15) is 0 Å². The molecular formula is C21H23N3O3. The van der Waals surface area contributed by atoms with Gasteiger partial charge < -0.3 is 14.8 Å². The molecule has 0 saturated carbocycles. The van der Waals surface area contributed by atoms with E-state index in [1.807, 2.05) is 48.5 Å². The predicted molar refractivity (Wildman–Crippen MR) is 107 cm³/mol. The Morgan fingerprint density at radius 1 is 1.15 bits per heavy atom. The summed E-state index contributed by atoms with van der Waals surface area (Å²) in [7, 11) is 1.60. The lowest BCUT2D eigenvalue weighted by Crippen LogP contribution is -2.29. The first kappa shape index (κ1) is 18.5. The number of hydrogen-bond acceptors (Lipinski definition) is 5. The Hall–Kier alpha value is -3.28. The first-order chi connectivity index (χ1) is 13.2. The number of unbranched alkanes of at least 4 members (excludes halogenated alkanes) is 1. The molecule has 6 nitrogen and oxygen atoms in total. The Morgan fingerprint density at radius 2 is 1.96 bits per heavy atom. The molecule has 1 aliphatic rings. The normalized spacial score (nSPS) is 14.7. The summed E-state index contributed by atoms with van der Waals surface area (Å²) in [6, 6.07) is 15.1. The van der Waals surface area contributed by atoms with Gasteiger partial charge in [-0.1, -0.05) is 37.6 Å². The summed E-state index contributed by atoms with van der Waals surface area (Å²) in [6.07, 6.45) is 3.77. The van der Waals surface area contributed by atoms with Crippen molar-refractivity contribution >= 4 is 23.6 Å². The summed E-state index contributed by atoms with van der Waals surface area (Å²) in [4.78, 5) is 16.5. The molecule has 6 heteroatoms. The fourth-order valence-electron chi connectivity index (χ4n) is 2.56. The minimum atomic E-state index is -0.254. The van der Waals surface area contributed by atoms with Crippen LogP contribution in [0.2, 0.25) is 0 Å². The van der Waals surface area contributed by atoms with E-state index in [-0.39, 0.29) is 5.91 Å². The molecule has 140 valence electrons. The number of carbonyl (C=O) groups excluding carboxylic acids is 1. The van der Waals surface area contributed by atoms with Crippen LogP contribution in [0.1, 0.15) is 25.3 Å². The number of para-hydroxylation sites is 1. The lowest BCUT2D eigenvalue weighted by molar-refractivity contribution is -0.115. The van der Waals surface area contributed by atoms with Crippen LogP contribution >= 0.6 is 0 Å². The van der Waals surface area contributed by atoms with Gasteiger partial charge in [-0.15, -0.1) is 0 Å². The molecule has 0 unspecified atom stereocenters. The standard InChI is InChI=1S/C21H23N3O3/c1-3-4-12-27-18-11-10-15(14-19(18)26-2)13-17-20(25)24-21(23-17)22-16-8-6-5-7-9-16/h5-11,13-14H,3-4,12H2,1-2H3,(H2,22,23,24,25)/b17-13-. The van der Waals surface area contributed by atoms with Gasteiger partial charge in [0.15, 0.2) is 11.5 Å². The number of anilines is 1. The first-order valence-corrected chi connectivity index (χ1v) is 8.94. The molecule has 0 aromatic heterocycles. The number of hydrogen-bond donors (Lipinski definition) is 2. The van der Waals surface area contributed by atoms with Crippen LogP contribution in [0.25, 0.3) is 6.08 Å². The molecule has 27 heavy (non-hydrogen) atoms. The fraction of sp³-hybridized carbons (Fsp3) is 0.238. The molecule has 2 N–H and O–H groups in total. The zero-order chi connectivity index (χ0) is 19.1. The largest absolute Gasteiger partial charge is 0.493 e. The molecule has 0 radical (unpaired) electrons. The van der Waals surface area contributed by atoms with Gasteiger partial charge in [0.05, 0.1) is 13.7 Å². The molecule has 0 bridgehead atoms. The van der Waals surface area contributed by atoms with Gasteiger partial charge in [0, 0.05) is 5.69 Å². The number of rotatable bonds is 7. The Morgan fingerprint density at radius 3 is 2.70 bits per heavy atom. The molecular weight excluding hydrogens is 342 g/mol. The van der Waals surface area contributed by atoms with Gasteiger partial charge in [0.1, 0.15) is 5.70 Å². The van der Waals surface area contributed by atoms with Crippen molar-refractivity contribution in [2.75, 3.05) is 19.0 Å². The van der Waals surface area contributed by atoms with E-state index in [0.717, 1.165) is 24.1 Å². The fourth-order valence-corrected chi connectivity index (χ4v) is 2.56. The topological polar surface area (TPSA) is 72.0 Å². The van der Waals surface area contributed by atoms with E-state index >= 15 is 0 Å². The number of carbonyl (C=O) groups is 1. The average Bonchev–Trinajstić information content (AvgIpc) is 3.02. The maximum Gasteiger partial charge on any atom is 0.276 e. The quantitative estimate of drug-likeness (QED) is 0.578. The zero-order valence-corrected chi connectivity index (χ0v) is 15.5. The highest BCUT2D eigenvalue weighted by atomic mass is 16.5. The third kappa shape index (κ3) is 4.88. The van der Waals surface area contributed by atoms with Crippen LogP contribution < -0.4 is 20.1 Å². The molecule has 0 saturated heterocycles. The number of methoxy groups -OCH3 is 1. The van der Waals surface area contributed by atoms with E-state index < -0.39 is 0 Å². The highest BCUT2D eigenvalue weighted by Gasteiger charge is 2.20. The third-order valence-corrected chi connectivity index (χ3v) is 3.98. The molecule has 0 spiro atoms. The second-order valence-corrected chi connectivity index (χ2v) is 6.05.